The van der Waals surface area contributed by atoms with Crippen LogP contribution in [0.4, 0.5) is 0 Å². The summed E-state index contributed by atoms with van der Waals surface area (Å²) in [6.45, 7) is 1.57. The summed E-state index contributed by atoms with van der Waals surface area (Å²) in [6.07, 6.45) is 2.69. The number of ether oxygens (including phenoxy) is 1. The molecule has 1 fully saturated rings. The van der Waals surface area contributed by atoms with Crippen molar-refractivity contribution >= 4 is 17.7 Å². The van der Waals surface area contributed by atoms with Crippen molar-refractivity contribution < 1.29 is 4.74 Å². The lowest BCUT2D eigenvalue weighted by molar-refractivity contribution is 0.190. The maximum Gasteiger partial charge on any atom is 0.118 e. The zero-order valence-corrected chi connectivity index (χ0v) is 7.83. The van der Waals surface area contributed by atoms with Crippen LogP contribution in [0.1, 0.15) is 12.1 Å². The Morgan fingerprint density at radius 2 is 2.77 bits per heavy atom. The summed E-state index contributed by atoms with van der Waals surface area (Å²) in [7, 11) is 0. The van der Waals surface area contributed by atoms with Gasteiger partial charge < -0.3 is 10.2 Å². The van der Waals surface area contributed by atoms with E-state index in [4.69, 9.17) is 4.74 Å². The number of nitrogens with one attached hydrogen (secondary N) is 1. The lowest BCUT2D eigenvalue weighted by Crippen LogP contribution is -2.24. The first-order chi connectivity index (χ1) is 6.45. The predicted molar refractivity (Wildman–Crippen MR) is 49.9 cm³/mol. The topological polar surface area (TPSA) is 59.4 Å². The molecule has 6 heteroatoms. The molecule has 1 N–H and O–H groups in total. The highest BCUT2D eigenvalue weighted by molar-refractivity contribution is 7.03. The van der Waals surface area contributed by atoms with Crippen LogP contribution in [0.5, 0.6) is 0 Å². The van der Waals surface area contributed by atoms with Crippen LogP contribution in [0, 0.1) is 0 Å². The zero-order chi connectivity index (χ0) is 8.93. The molecular formula is C7H10N4OS. The molecule has 0 aromatic carbocycles. The smallest absolute Gasteiger partial charge is 0.118 e. The number of hydrogen-bond donors (Lipinski definition) is 1. The molecular weight excluding hydrogens is 188 g/mol. The summed E-state index contributed by atoms with van der Waals surface area (Å²) >= 11 is 1.32. The highest BCUT2D eigenvalue weighted by Gasteiger charge is 2.13. The van der Waals surface area contributed by atoms with Crippen molar-refractivity contribution in [3.05, 3.63) is 11.1 Å². The average Bonchev–Trinajstić information content (AvgIpc) is 2.75. The minimum Gasteiger partial charge on any atom is -0.379 e. The first kappa shape index (κ1) is 8.58. The Hall–Kier alpha value is -1.01. The van der Waals surface area contributed by atoms with Crippen LogP contribution in [-0.2, 0) is 4.74 Å². The van der Waals surface area contributed by atoms with Gasteiger partial charge in [-0.3, -0.25) is 0 Å². The molecule has 1 aromatic rings. The fraction of sp³-hybridized carbons (Fsp3) is 0.571. The third-order valence-electron chi connectivity index (χ3n) is 1.76. The fourth-order valence-corrected chi connectivity index (χ4v) is 1.48. The van der Waals surface area contributed by atoms with Crippen molar-refractivity contribution in [1.29, 1.82) is 0 Å². The molecule has 0 bridgehead atoms. The molecule has 1 aliphatic heterocycles. The third-order valence-corrected chi connectivity index (χ3v) is 2.28. The Morgan fingerprint density at radius 3 is 3.46 bits per heavy atom. The van der Waals surface area contributed by atoms with Gasteiger partial charge in [0, 0.05) is 12.0 Å². The van der Waals surface area contributed by atoms with Gasteiger partial charge in [0.2, 0.25) is 0 Å². The largest absolute Gasteiger partial charge is 0.379 e. The lowest BCUT2D eigenvalue weighted by atomic mass is 10.3. The molecule has 0 aliphatic carbocycles. The van der Waals surface area contributed by atoms with E-state index in [2.05, 4.69) is 20.1 Å². The van der Waals surface area contributed by atoms with Crippen LogP contribution in [-0.4, -0.2) is 35.1 Å². The van der Waals surface area contributed by atoms with Gasteiger partial charge in [-0.25, -0.2) is 0 Å². The molecule has 0 spiro atoms. The summed E-state index contributed by atoms with van der Waals surface area (Å²) < 4.78 is 8.90. The van der Waals surface area contributed by atoms with Crippen LogP contribution in [0.25, 0.3) is 0 Å². The van der Waals surface area contributed by atoms with Crippen LogP contribution in [0.15, 0.2) is 10.5 Å². The Kier molecular flexibility index (Phi) is 2.83. The van der Waals surface area contributed by atoms with E-state index in [0.717, 1.165) is 25.3 Å². The first-order valence-corrected chi connectivity index (χ1v) is 4.92. The first-order valence-electron chi connectivity index (χ1n) is 4.08. The van der Waals surface area contributed by atoms with Gasteiger partial charge in [-0.05, 0) is 18.0 Å². The second kappa shape index (κ2) is 4.29. The third kappa shape index (κ3) is 2.46. The van der Waals surface area contributed by atoms with Crippen molar-refractivity contribution in [3.63, 3.8) is 0 Å². The van der Waals surface area contributed by atoms with Gasteiger partial charge in [-0.15, -0.1) is 5.10 Å². The second-order valence-electron chi connectivity index (χ2n) is 2.78. The van der Waals surface area contributed by atoms with E-state index in [1.807, 2.05) is 5.38 Å². The van der Waals surface area contributed by atoms with E-state index < -0.39 is 0 Å². The van der Waals surface area contributed by atoms with Gasteiger partial charge in [0.25, 0.3) is 0 Å². The monoisotopic (exact) mass is 198 g/mol. The van der Waals surface area contributed by atoms with Gasteiger partial charge in [-0.2, -0.15) is 5.10 Å². The Bertz CT molecular complexity index is 268. The number of hydrogen-bond acceptors (Lipinski definition) is 6. The van der Waals surface area contributed by atoms with Crippen molar-refractivity contribution in [2.75, 3.05) is 13.2 Å². The molecule has 1 aromatic heterocycles. The van der Waals surface area contributed by atoms with Gasteiger partial charge >= 0.3 is 0 Å². The predicted octanol–water partition coefficient (Wildman–Crippen LogP) is 0.250. The molecule has 1 atom stereocenters. The van der Waals surface area contributed by atoms with Crippen molar-refractivity contribution in [3.8, 4) is 0 Å². The minimum atomic E-state index is 0.350. The van der Waals surface area contributed by atoms with Gasteiger partial charge in [0.15, 0.2) is 0 Å². The standard InChI is InChI=1S/C7H10N4OS/c1-2-12-4-6(1)9-8-3-7-5-13-11-10-7/h3,5-6,9H,1-2,4H2/b8-3+. The van der Waals surface area contributed by atoms with Crippen LogP contribution in [0.2, 0.25) is 0 Å². The molecule has 0 saturated carbocycles. The molecule has 2 rings (SSSR count). The molecule has 2 heterocycles. The number of nitrogens with zero attached hydrogens (tertiary/aromatic N) is 3. The summed E-state index contributed by atoms with van der Waals surface area (Å²) in [4.78, 5) is 0. The van der Waals surface area contributed by atoms with Crippen LogP contribution in [0.3, 0.4) is 0 Å². The zero-order valence-electron chi connectivity index (χ0n) is 7.01. The number of hydrazone groups is 1. The molecule has 5 nitrogen and oxygen atoms in total. The van der Waals surface area contributed by atoms with Crippen molar-refractivity contribution in [1.82, 2.24) is 15.0 Å². The summed E-state index contributed by atoms with van der Waals surface area (Å²) in [6, 6.07) is 0.350. The Balaban J connectivity index is 1.78. The Labute approximate surface area is 80.0 Å². The Morgan fingerprint density at radius 1 is 1.77 bits per heavy atom. The van der Waals surface area contributed by atoms with Gasteiger partial charge in [0.05, 0.1) is 18.9 Å². The van der Waals surface area contributed by atoms with Crippen LogP contribution < -0.4 is 5.43 Å². The van der Waals surface area contributed by atoms with Crippen molar-refractivity contribution in [2.45, 2.75) is 12.5 Å². The van der Waals surface area contributed by atoms with Crippen LogP contribution >= 0.6 is 11.5 Å². The fourth-order valence-electron chi connectivity index (χ4n) is 1.07. The molecule has 70 valence electrons. The molecule has 1 unspecified atom stereocenters. The van der Waals surface area contributed by atoms with E-state index in [1.54, 1.807) is 6.21 Å². The molecule has 1 saturated heterocycles. The quantitative estimate of drug-likeness (QED) is 0.558. The van der Waals surface area contributed by atoms with E-state index >= 15 is 0 Å². The highest BCUT2D eigenvalue weighted by Crippen LogP contribution is 2.02. The SMILES string of the molecule is C(=N\NC1CCOC1)/c1csnn1. The highest BCUT2D eigenvalue weighted by atomic mass is 32.1. The van der Waals surface area contributed by atoms with E-state index in [-0.39, 0.29) is 0 Å². The molecule has 1 aliphatic rings. The number of rotatable bonds is 3. The average molecular weight is 198 g/mol. The van der Waals surface area contributed by atoms with E-state index in [9.17, 15) is 0 Å². The number of aromatic nitrogens is 2. The second-order valence-corrected chi connectivity index (χ2v) is 3.39. The summed E-state index contributed by atoms with van der Waals surface area (Å²) in [5.41, 5.74) is 3.79. The van der Waals surface area contributed by atoms with E-state index in [1.165, 1.54) is 11.5 Å². The van der Waals surface area contributed by atoms with Gasteiger partial charge in [0.1, 0.15) is 5.69 Å². The maximum atomic E-state index is 5.18. The van der Waals surface area contributed by atoms with E-state index in [0.29, 0.717) is 6.04 Å². The maximum absolute atomic E-state index is 5.18. The summed E-state index contributed by atoms with van der Waals surface area (Å²) in [5.74, 6) is 0. The van der Waals surface area contributed by atoms with Gasteiger partial charge in [-0.1, -0.05) is 4.49 Å². The molecule has 13 heavy (non-hydrogen) atoms. The molecule has 0 radical (unpaired) electrons. The molecule has 0 amide bonds. The normalized spacial score (nSPS) is 22.6. The lowest BCUT2D eigenvalue weighted by Gasteiger charge is -2.04. The van der Waals surface area contributed by atoms with Crippen molar-refractivity contribution in [2.24, 2.45) is 5.10 Å². The minimum absolute atomic E-state index is 0.350. The summed E-state index contributed by atoms with van der Waals surface area (Å²) in [5, 5.41) is 9.72.